The number of aliphatic hydroxyl groups is 1. The maximum absolute atomic E-state index is 10.5. The predicted molar refractivity (Wildman–Crippen MR) is 79.6 cm³/mol. The Morgan fingerprint density at radius 2 is 2.10 bits per heavy atom. The topological polar surface area (TPSA) is 80.4 Å². The highest BCUT2D eigenvalue weighted by Gasteiger charge is 2.29. The first kappa shape index (κ1) is 13.1. The van der Waals surface area contributed by atoms with Crippen LogP contribution in [0.4, 0.5) is 11.4 Å². The second-order valence-electron chi connectivity index (χ2n) is 5.29. The van der Waals surface area contributed by atoms with Gasteiger partial charge in [0.25, 0.3) is 0 Å². The Labute approximate surface area is 117 Å². The van der Waals surface area contributed by atoms with Crippen LogP contribution in [0.15, 0.2) is 30.5 Å². The number of aromatic nitrogens is 1. The van der Waals surface area contributed by atoms with Gasteiger partial charge in [0.05, 0.1) is 16.8 Å². The summed E-state index contributed by atoms with van der Waals surface area (Å²) in [6.07, 6.45) is 3.05. The molecule has 5 nitrogen and oxygen atoms in total. The van der Waals surface area contributed by atoms with Crippen LogP contribution >= 0.6 is 0 Å². The zero-order valence-electron chi connectivity index (χ0n) is 11.3. The van der Waals surface area contributed by atoms with Gasteiger partial charge < -0.3 is 20.9 Å². The van der Waals surface area contributed by atoms with E-state index in [1.807, 2.05) is 24.3 Å². The normalized spacial score (nSPS) is 18.1. The molecule has 0 saturated carbocycles. The molecule has 0 atom stereocenters. The summed E-state index contributed by atoms with van der Waals surface area (Å²) in [5.41, 5.74) is 7.63. The minimum Gasteiger partial charge on any atom is -0.397 e. The molecule has 1 aromatic carbocycles. The van der Waals surface area contributed by atoms with E-state index in [1.54, 1.807) is 6.20 Å². The molecule has 4 N–H and O–H groups in total. The fourth-order valence-electron chi connectivity index (χ4n) is 2.54. The first-order chi connectivity index (χ1) is 9.68. The third-order valence-electron chi connectivity index (χ3n) is 3.83. The van der Waals surface area contributed by atoms with Gasteiger partial charge in [-0.3, -0.25) is 4.98 Å². The summed E-state index contributed by atoms with van der Waals surface area (Å²) in [7, 11) is 0. The van der Waals surface area contributed by atoms with E-state index in [0.717, 1.165) is 16.6 Å². The number of hydrogen-bond donors (Lipinski definition) is 3. The molecule has 0 unspecified atom stereocenters. The SMILES string of the molecule is Nc1ccc(NCC2(O)CCOCC2)c2cccnc12. The number of nitrogen functional groups attached to an aromatic ring is 1. The molecule has 2 aromatic rings. The van der Waals surface area contributed by atoms with E-state index in [0.29, 0.717) is 38.3 Å². The molecule has 0 bridgehead atoms. The molecular formula is C15H19N3O2. The summed E-state index contributed by atoms with van der Waals surface area (Å²) < 4.78 is 5.29. The van der Waals surface area contributed by atoms with Crippen molar-refractivity contribution in [1.29, 1.82) is 0 Å². The first-order valence-electron chi connectivity index (χ1n) is 6.85. The summed E-state index contributed by atoms with van der Waals surface area (Å²) in [6.45, 7) is 1.73. The van der Waals surface area contributed by atoms with Gasteiger partial charge in [-0.1, -0.05) is 0 Å². The first-order valence-corrected chi connectivity index (χ1v) is 6.85. The number of nitrogens with one attached hydrogen (secondary N) is 1. The van der Waals surface area contributed by atoms with E-state index in [2.05, 4.69) is 10.3 Å². The Kier molecular flexibility index (Phi) is 3.46. The number of ether oxygens (including phenoxy) is 1. The van der Waals surface area contributed by atoms with E-state index in [-0.39, 0.29) is 0 Å². The predicted octanol–water partition coefficient (Wildman–Crippen LogP) is 1.77. The van der Waals surface area contributed by atoms with E-state index in [9.17, 15) is 5.11 Å². The van der Waals surface area contributed by atoms with Crippen molar-refractivity contribution in [2.75, 3.05) is 30.8 Å². The quantitative estimate of drug-likeness (QED) is 0.743. The van der Waals surface area contributed by atoms with Gasteiger partial charge >= 0.3 is 0 Å². The molecule has 5 heteroatoms. The molecule has 1 aliphatic rings. The fourth-order valence-corrected chi connectivity index (χ4v) is 2.54. The average Bonchev–Trinajstić information content (AvgIpc) is 2.48. The van der Waals surface area contributed by atoms with Gasteiger partial charge in [-0.25, -0.2) is 0 Å². The molecule has 106 valence electrons. The van der Waals surface area contributed by atoms with E-state index < -0.39 is 5.60 Å². The van der Waals surface area contributed by atoms with Crippen LogP contribution in [0.2, 0.25) is 0 Å². The maximum atomic E-state index is 10.5. The van der Waals surface area contributed by atoms with Crippen LogP contribution in [0.5, 0.6) is 0 Å². The molecule has 0 aliphatic carbocycles. The Bertz CT molecular complexity index is 609. The Morgan fingerprint density at radius 3 is 2.90 bits per heavy atom. The Morgan fingerprint density at radius 1 is 1.30 bits per heavy atom. The van der Waals surface area contributed by atoms with E-state index in [1.165, 1.54) is 0 Å². The van der Waals surface area contributed by atoms with Gasteiger partial charge in [-0.2, -0.15) is 0 Å². The van der Waals surface area contributed by atoms with Crippen LogP contribution in [-0.2, 0) is 4.74 Å². The van der Waals surface area contributed by atoms with Gasteiger partial charge in [0.15, 0.2) is 0 Å². The molecular weight excluding hydrogens is 254 g/mol. The zero-order valence-corrected chi connectivity index (χ0v) is 11.3. The van der Waals surface area contributed by atoms with Crippen molar-refractivity contribution in [1.82, 2.24) is 4.98 Å². The smallest absolute Gasteiger partial charge is 0.0951 e. The summed E-state index contributed by atoms with van der Waals surface area (Å²) in [6, 6.07) is 7.64. The van der Waals surface area contributed by atoms with Crippen molar-refractivity contribution in [2.45, 2.75) is 18.4 Å². The summed E-state index contributed by atoms with van der Waals surface area (Å²) >= 11 is 0. The van der Waals surface area contributed by atoms with E-state index >= 15 is 0 Å². The number of nitrogens with two attached hydrogens (primary N) is 1. The highest BCUT2D eigenvalue weighted by Crippen LogP contribution is 2.28. The van der Waals surface area contributed by atoms with Crippen LogP contribution in [-0.4, -0.2) is 35.5 Å². The average molecular weight is 273 g/mol. The molecule has 1 saturated heterocycles. The summed E-state index contributed by atoms with van der Waals surface area (Å²) in [5.74, 6) is 0. The summed E-state index contributed by atoms with van der Waals surface area (Å²) in [4.78, 5) is 4.31. The van der Waals surface area contributed by atoms with Crippen molar-refractivity contribution in [3.8, 4) is 0 Å². The lowest BCUT2D eigenvalue weighted by molar-refractivity contribution is -0.0543. The van der Waals surface area contributed by atoms with E-state index in [4.69, 9.17) is 10.5 Å². The Hall–Kier alpha value is -1.85. The number of benzene rings is 1. The Balaban J connectivity index is 1.82. The van der Waals surface area contributed by atoms with Gasteiger partial charge in [0.1, 0.15) is 0 Å². The van der Waals surface area contributed by atoms with Crippen LogP contribution < -0.4 is 11.1 Å². The highest BCUT2D eigenvalue weighted by molar-refractivity contribution is 5.98. The standard InChI is InChI=1S/C15H19N3O2/c16-12-3-4-13(11-2-1-7-17-14(11)12)18-10-15(19)5-8-20-9-6-15/h1-4,7,18-19H,5-6,8-10,16H2. The molecule has 0 amide bonds. The molecule has 20 heavy (non-hydrogen) atoms. The van der Waals surface area contributed by atoms with Crippen LogP contribution in [0, 0.1) is 0 Å². The lowest BCUT2D eigenvalue weighted by Crippen LogP contribution is -2.42. The number of anilines is 2. The number of hydrogen-bond acceptors (Lipinski definition) is 5. The second-order valence-corrected chi connectivity index (χ2v) is 5.29. The number of rotatable bonds is 3. The van der Waals surface area contributed by atoms with Gasteiger partial charge in [-0.15, -0.1) is 0 Å². The molecule has 0 spiro atoms. The van der Waals surface area contributed by atoms with Crippen molar-refractivity contribution in [2.24, 2.45) is 0 Å². The number of pyridine rings is 1. The number of nitrogens with zero attached hydrogens (tertiary/aromatic N) is 1. The van der Waals surface area contributed by atoms with Crippen molar-refractivity contribution < 1.29 is 9.84 Å². The lowest BCUT2D eigenvalue weighted by Gasteiger charge is -2.32. The molecule has 1 fully saturated rings. The van der Waals surface area contributed by atoms with Crippen molar-refractivity contribution in [3.63, 3.8) is 0 Å². The molecule has 3 rings (SSSR count). The molecule has 0 radical (unpaired) electrons. The lowest BCUT2D eigenvalue weighted by atomic mass is 9.94. The molecule has 1 aliphatic heterocycles. The minimum absolute atomic E-state index is 0.504. The zero-order chi connectivity index (χ0) is 14.0. The van der Waals surface area contributed by atoms with Crippen LogP contribution in [0.25, 0.3) is 10.9 Å². The summed E-state index contributed by atoms with van der Waals surface area (Å²) in [5, 5.41) is 14.8. The third-order valence-corrected chi connectivity index (χ3v) is 3.83. The number of fused-ring (bicyclic) bond motifs is 1. The van der Waals surface area contributed by atoms with Crippen molar-refractivity contribution in [3.05, 3.63) is 30.5 Å². The monoisotopic (exact) mass is 273 g/mol. The van der Waals surface area contributed by atoms with Crippen LogP contribution in [0.3, 0.4) is 0 Å². The second kappa shape index (κ2) is 5.26. The largest absolute Gasteiger partial charge is 0.397 e. The van der Waals surface area contributed by atoms with Crippen molar-refractivity contribution >= 4 is 22.3 Å². The van der Waals surface area contributed by atoms with Crippen LogP contribution in [0.1, 0.15) is 12.8 Å². The van der Waals surface area contributed by atoms with Gasteiger partial charge in [-0.05, 0) is 24.3 Å². The minimum atomic E-state index is -0.700. The third kappa shape index (κ3) is 2.55. The van der Waals surface area contributed by atoms with Gasteiger partial charge in [0.2, 0.25) is 0 Å². The fraction of sp³-hybridized carbons (Fsp3) is 0.400. The van der Waals surface area contributed by atoms with Gasteiger partial charge in [0, 0.05) is 49.9 Å². The highest BCUT2D eigenvalue weighted by atomic mass is 16.5. The molecule has 1 aromatic heterocycles. The molecule has 2 heterocycles. The maximum Gasteiger partial charge on any atom is 0.0951 e.